The molecule has 1 aromatic carbocycles. The number of primary amides is 1. The highest BCUT2D eigenvalue weighted by molar-refractivity contribution is 5.98. The van der Waals surface area contributed by atoms with E-state index in [1.807, 2.05) is 6.07 Å². The zero-order valence-electron chi connectivity index (χ0n) is 7.45. The third-order valence-electron chi connectivity index (χ3n) is 1.88. The lowest BCUT2D eigenvalue weighted by Gasteiger charge is -2.06. The van der Waals surface area contributed by atoms with Gasteiger partial charge in [-0.1, -0.05) is 0 Å². The normalized spacial score (nSPS) is 9.43. The minimum absolute atomic E-state index is 0.152. The number of hydrogen-bond donors (Lipinski definition) is 3. The van der Waals surface area contributed by atoms with Crippen molar-refractivity contribution in [2.75, 3.05) is 5.73 Å². The minimum Gasteiger partial charge on any atom is -0.398 e. The van der Waals surface area contributed by atoms with Crippen molar-refractivity contribution in [2.24, 2.45) is 11.5 Å². The molecule has 0 heterocycles. The van der Waals surface area contributed by atoms with Gasteiger partial charge in [-0.25, -0.2) is 0 Å². The summed E-state index contributed by atoms with van der Waals surface area (Å²) >= 11 is 0. The summed E-state index contributed by atoms with van der Waals surface area (Å²) in [4.78, 5) is 10.9. The maximum absolute atomic E-state index is 10.9. The second kappa shape index (κ2) is 3.77. The van der Waals surface area contributed by atoms with Crippen molar-refractivity contribution in [3.8, 4) is 6.07 Å². The van der Waals surface area contributed by atoms with Gasteiger partial charge >= 0.3 is 0 Å². The summed E-state index contributed by atoms with van der Waals surface area (Å²) in [6.45, 7) is 0.201. The number of nitriles is 1. The van der Waals surface area contributed by atoms with Crippen LogP contribution in [0.2, 0.25) is 0 Å². The molecule has 14 heavy (non-hydrogen) atoms. The van der Waals surface area contributed by atoms with E-state index in [1.165, 1.54) is 12.1 Å². The molecule has 0 aromatic heterocycles. The molecule has 0 radical (unpaired) electrons. The van der Waals surface area contributed by atoms with E-state index in [2.05, 4.69) is 0 Å². The lowest BCUT2D eigenvalue weighted by Crippen LogP contribution is -2.15. The number of benzene rings is 1. The smallest absolute Gasteiger partial charge is 0.250 e. The van der Waals surface area contributed by atoms with Crippen LogP contribution in [0, 0.1) is 11.3 Å². The van der Waals surface area contributed by atoms with E-state index in [4.69, 9.17) is 22.5 Å². The molecule has 1 amide bonds. The Morgan fingerprint density at radius 3 is 2.57 bits per heavy atom. The van der Waals surface area contributed by atoms with Crippen molar-refractivity contribution in [3.05, 3.63) is 28.8 Å². The second-order valence-corrected chi connectivity index (χ2v) is 2.78. The summed E-state index contributed by atoms with van der Waals surface area (Å²) in [6, 6.07) is 4.79. The molecular formula is C9H10N4O. The van der Waals surface area contributed by atoms with E-state index in [0.29, 0.717) is 11.1 Å². The molecule has 5 nitrogen and oxygen atoms in total. The van der Waals surface area contributed by atoms with E-state index >= 15 is 0 Å². The summed E-state index contributed by atoms with van der Waals surface area (Å²) in [7, 11) is 0. The molecular weight excluding hydrogens is 180 g/mol. The summed E-state index contributed by atoms with van der Waals surface area (Å²) in [6.07, 6.45) is 0. The zero-order valence-corrected chi connectivity index (χ0v) is 7.45. The average molecular weight is 190 g/mol. The maximum atomic E-state index is 10.9. The van der Waals surface area contributed by atoms with Gasteiger partial charge in [0.2, 0.25) is 0 Å². The highest BCUT2D eigenvalue weighted by Gasteiger charge is 2.10. The third-order valence-corrected chi connectivity index (χ3v) is 1.88. The van der Waals surface area contributed by atoms with E-state index < -0.39 is 5.91 Å². The lowest BCUT2D eigenvalue weighted by atomic mass is 10.0. The lowest BCUT2D eigenvalue weighted by molar-refractivity contribution is 0.100. The largest absolute Gasteiger partial charge is 0.398 e. The second-order valence-electron chi connectivity index (χ2n) is 2.78. The summed E-state index contributed by atoms with van der Waals surface area (Å²) < 4.78 is 0. The molecule has 0 unspecified atom stereocenters. The fraction of sp³-hybridized carbons (Fsp3) is 0.111. The van der Waals surface area contributed by atoms with Crippen LogP contribution in [0.5, 0.6) is 0 Å². The molecule has 0 saturated heterocycles. The number of nitrogens with zero attached hydrogens (tertiary/aromatic N) is 1. The molecule has 72 valence electrons. The van der Waals surface area contributed by atoms with E-state index in [-0.39, 0.29) is 17.8 Å². The first-order valence-corrected chi connectivity index (χ1v) is 3.92. The van der Waals surface area contributed by atoms with Gasteiger partial charge in [0.05, 0.1) is 17.2 Å². The first-order valence-electron chi connectivity index (χ1n) is 3.92. The molecule has 0 spiro atoms. The fourth-order valence-electron chi connectivity index (χ4n) is 1.15. The highest BCUT2D eigenvalue weighted by atomic mass is 16.1. The summed E-state index contributed by atoms with van der Waals surface area (Å²) in [5, 5.41) is 8.75. The number of nitrogens with two attached hydrogens (primary N) is 3. The molecule has 0 aliphatic carbocycles. The Labute approximate surface area is 81.1 Å². The Hall–Kier alpha value is -2.06. The zero-order chi connectivity index (χ0) is 10.7. The van der Waals surface area contributed by atoms with Gasteiger partial charge in [0.1, 0.15) is 0 Å². The number of nitrogen functional groups attached to an aromatic ring is 1. The fourth-order valence-corrected chi connectivity index (χ4v) is 1.15. The van der Waals surface area contributed by atoms with Gasteiger partial charge < -0.3 is 17.2 Å². The molecule has 6 N–H and O–H groups in total. The van der Waals surface area contributed by atoms with Crippen LogP contribution in [0.15, 0.2) is 12.1 Å². The van der Waals surface area contributed by atoms with Crippen molar-refractivity contribution in [2.45, 2.75) is 6.54 Å². The first-order chi connectivity index (χ1) is 6.60. The monoisotopic (exact) mass is 190 g/mol. The van der Waals surface area contributed by atoms with Gasteiger partial charge in [0.15, 0.2) is 0 Å². The van der Waals surface area contributed by atoms with Gasteiger partial charge in [-0.05, 0) is 17.7 Å². The van der Waals surface area contributed by atoms with Crippen molar-refractivity contribution in [1.82, 2.24) is 0 Å². The van der Waals surface area contributed by atoms with Gasteiger partial charge in [-0.3, -0.25) is 4.79 Å². The Balaban J connectivity index is 3.40. The Kier molecular flexibility index (Phi) is 2.70. The topological polar surface area (TPSA) is 119 Å². The molecule has 0 bridgehead atoms. The average Bonchev–Trinajstić information content (AvgIpc) is 2.16. The van der Waals surface area contributed by atoms with Crippen LogP contribution >= 0.6 is 0 Å². The van der Waals surface area contributed by atoms with Crippen molar-refractivity contribution in [1.29, 1.82) is 5.26 Å². The molecule has 0 aliphatic heterocycles. The van der Waals surface area contributed by atoms with Crippen LogP contribution < -0.4 is 17.2 Å². The molecule has 0 atom stereocenters. The molecule has 0 aliphatic rings. The van der Waals surface area contributed by atoms with E-state index in [9.17, 15) is 4.79 Å². The van der Waals surface area contributed by atoms with Crippen LogP contribution in [-0.4, -0.2) is 5.91 Å². The standard InChI is InChI=1S/C9H10N4O/c10-3-5-1-7(9(13)14)8(12)2-6(5)4-11/h1-2H,4,11-12H2,(H2,13,14). The molecule has 0 saturated carbocycles. The Morgan fingerprint density at radius 1 is 1.50 bits per heavy atom. The molecule has 1 rings (SSSR count). The quantitative estimate of drug-likeness (QED) is 0.554. The summed E-state index contributed by atoms with van der Waals surface area (Å²) in [5.41, 5.74) is 17.4. The first kappa shape index (κ1) is 10.0. The number of carbonyl (C=O) groups excluding carboxylic acids is 1. The van der Waals surface area contributed by atoms with Crippen LogP contribution in [0.25, 0.3) is 0 Å². The number of rotatable bonds is 2. The predicted molar refractivity (Wildman–Crippen MR) is 52.0 cm³/mol. The minimum atomic E-state index is -0.650. The van der Waals surface area contributed by atoms with Gasteiger partial charge in [-0.2, -0.15) is 5.26 Å². The van der Waals surface area contributed by atoms with Gasteiger partial charge in [0.25, 0.3) is 5.91 Å². The highest BCUT2D eigenvalue weighted by Crippen LogP contribution is 2.17. The van der Waals surface area contributed by atoms with Crippen molar-refractivity contribution >= 4 is 11.6 Å². The molecule has 0 fully saturated rings. The Morgan fingerprint density at radius 2 is 2.14 bits per heavy atom. The van der Waals surface area contributed by atoms with Crippen molar-refractivity contribution < 1.29 is 4.79 Å². The van der Waals surface area contributed by atoms with Crippen LogP contribution in [0.3, 0.4) is 0 Å². The van der Waals surface area contributed by atoms with Gasteiger partial charge in [-0.15, -0.1) is 0 Å². The van der Waals surface area contributed by atoms with Crippen LogP contribution in [0.4, 0.5) is 5.69 Å². The van der Waals surface area contributed by atoms with Crippen LogP contribution in [-0.2, 0) is 6.54 Å². The van der Waals surface area contributed by atoms with E-state index in [1.54, 1.807) is 0 Å². The summed E-state index contributed by atoms with van der Waals surface area (Å²) in [5.74, 6) is -0.650. The Bertz CT molecular complexity index is 420. The third kappa shape index (κ3) is 1.65. The van der Waals surface area contributed by atoms with E-state index in [0.717, 1.165) is 0 Å². The maximum Gasteiger partial charge on any atom is 0.250 e. The number of hydrogen-bond acceptors (Lipinski definition) is 4. The molecule has 1 aromatic rings. The molecule has 5 heteroatoms. The number of anilines is 1. The van der Waals surface area contributed by atoms with Crippen molar-refractivity contribution in [3.63, 3.8) is 0 Å². The number of amides is 1. The van der Waals surface area contributed by atoms with Gasteiger partial charge in [0, 0.05) is 12.2 Å². The predicted octanol–water partition coefficient (Wildman–Crippen LogP) is -0.302. The van der Waals surface area contributed by atoms with Crippen LogP contribution in [0.1, 0.15) is 21.5 Å². The number of carbonyl (C=O) groups is 1. The SMILES string of the molecule is N#Cc1cc(C(N)=O)c(N)cc1CN.